The van der Waals surface area contributed by atoms with E-state index < -0.39 is 5.82 Å². The molecule has 0 N–H and O–H groups in total. The standard InChI is InChI=1S/C16H15FO4S/c1-7(18)8-4-9(8)15(19)13-5-10-12(22-13)6-11(20-2)16(21-3)14(10)17/h5-6,8-9H,4H2,1-3H3/t8-,9-/m1/s1. The zero-order chi connectivity index (χ0) is 16.0. The SMILES string of the molecule is COc1cc2sc(C(=O)[C@@H]3C[C@@H]3C(C)=O)cc2c(F)c1OC. The van der Waals surface area contributed by atoms with Crippen molar-refractivity contribution in [2.75, 3.05) is 14.2 Å². The third-order valence-electron chi connectivity index (χ3n) is 4.00. The second kappa shape index (κ2) is 5.35. The van der Waals surface area contributed by atoms with Crippen LogP contribution in [0, 0.1) is 17.7 Å². The van der Waals surface area contributed by atoms with Gasteiger partial charge in [-0.15, -0.1) is 11.3 Å². The number of ketones is 2. The van der Waals surface area contributed by atoms with Crippen LogP contribution in [0.15, 0.2) is 12.1 Å². The zero-order valence-electron chi connectivity index (χ0n) is 12.4. The third-order valence-corrected chi connectivity index (χ3v) is 5.10. The number of rotatable bonds is 5. The van der Waals surface area contributed by atoms with Crippen molar-refractivity contribution in [1.29, 1.82) is 0 Å². The van der Waals surface area contributed by atoms with Crippen molar-refractivity contribution in [3.05, 3.63) is 22.8 Å². The lowest BCUT2D eigenvalue weighted by molar-refractivity contribution is -0.118. The van der Waals surface area contributed by atoms with Gasteiger partial charge in [0.05, 0.1) is 19.1 Å². The molecule has 0 unspecified atom stereocenters. The van der Waals surface area contributed by atoms with Gasteiger partial charge in [0.25, 0.3) is 0 Å². The summed E-state index contributed by atoms with van der Waals surface area (Å²) in [7, 11) is 2.80. The minimum atomic E-state index is -0.536. The lowest BCUT2D eigenvalue weighted by Gasteiger charge is -2.08. The van der Waals surface area contributed by atoms with E-state index in [0.29, 0.717) is 27.1 Å². The molecule has 1 heterocycles. The van der Waals surface area contributed by atoms with E-state index in [-0.39, 0.29) is 29.2 Å². The van der Waals surface area contributed by atoms with Gasteiger partial charge in [0.15, 0.2) is 23.1 Å². The molecule has 0 amide bonds. The molecule has 0 bridgehead atoms. The van der Waals surface area contributed by atoms with Crippen molar-refractivity contribution in [3.8, 4) is 11.5 Å². The van der Waals surface area contributed by atoms with Crippen molar-refractivity contribution in [3.63, 3.8) is 0 Å². The maximum atomic E-state index is 14.5. The molecule has 1 fully saturated rings. The van der Waals surface area contributed by atoms with Gasteiger partial charge in [0.2, 0.25) is 0 Å². The van der Waals surface area contributed by atoms with Gasteiger partial charge in [0, 0.05) is 28.0 Å². The van der Waals surface area contributed by atoms with Gasteiger partial charge in [-0.25, -0.2) is 4.39 Å². The minimum Gasteiger partial charge on any atom is -0.493 e. The number of hydrogen-bond donors (Lipinski definition) is 0. The largest absolute Gasteiger partial charge is 0.493 e. The molecule has 0 radical (unpaired) electrons. The molecule has 1 saturated carbocycles. The Hall–Kier alpha value is -1.95. The average Bonchev–Trinajstić information content (AvgIpc) is 3.19. The molecule has 1 aromatic heterocycles. The van der Waals surface area contributed by atoms with Gasteiger partial charge in [-0.05, 0) is 19.4 Å². The van der Waals surface area contributed by atoms with Crippen LogP contribution in [0.3, 0.4) is 0 Å². The summed E-state index contributed by atoms with van der Waals surface area (Å²) in [6.45, 7) is 1.50. The van der Waals surface area contributed by atoms with Gasteiger partial charge in [-0.2, -0.15) is 0 Å². The van der Waals surface area contributed by atoms with Crippen molar-refractivity contribution in [2.24, 2.45) is 11.8 Å². The van der Waals surface area contributed by atoms with Crippen molar-refractivity contribution in [1.82, 2.24) is 0 Å². The molecule has 4 nitrogen and oxygen atoms in total. The van der Waals surface area contributed by atoms with Gasteiger partial charge in [-0.3, -0.25) is 9.59 Å². The van der Waals surface area contributed by atoms with Gasteiger partial charge >= 0.3 is 0 Å². The maximum absolute atomic E-state index is 14.5. The summed E-state index contributed by atoms with van der Waals surface area (Å²) in [6.07, 6.45) is 0.595. The number of carbonyl (C=O) groups excluding carboxylic acids is 2. The summed E-state index contributed by atoms with van der Waals surface area (Å²) in [5.74, 6) is -0.691. The smallest absolute Gasteiger partial charge is 0.197 e. The van der Waals surface area contributed by atoms with Crippen LogP contribution in [0.1, 0.15) is 23.0 Å². The molecule has 6 heteroatoms. The van der Waals surface area contributed by atoms with Gasteiger partial charge in [-0.1, -0.05) is 0 Å². The Bertz CT molecular complexity index is 780. The van der Waals surface area contributed by atoms with Gasteiger partial charge < -0.3 is 9.47 Å². The molecule has 1 aliphatic rings. The lowest BCUT2D eigenvalue weighted by atomic mass is 10.1. The first-order valence-electron chi connectivity index (χ1n) is 6.86. The highest BCUT2D eigenvalue weighted by Gasteiger charge is 2.46. The molecule has 0 aliphatic heterocycles. The van der Waals surface area contributed by atoms with Crippen LogP contribution < -0.4 is 9.47 Å². The number of thiophene rings is 1. The minimum absolute atomic E-state index is 0.0276. The van der Waals surface area contributed by atoms with E-state index in [1.165, 1.54) is 38.5 Å². The lowest BCUT2D eigenvalue weighted by Crippen LogP contribution is -2.04. The zero-order valence-corrected chi connectivity index (χ0v) is 13.3. The second-order valence-corrected chi connectivity index (χ2v) is 6.46. The Morgan fingerprint density at radius 3 is 2.50 bits per heavy atom. The van der Waals surface area contributed by atoms with Crippen LogP contribution in [0.25, 0.3) is 10.1 Å². The van der Waals surface area contributed by atoms with Gasteiger partial charge in [0.1, 0.15) is 5.78 Å². The number of benzene rings is 1. The number of fused-ring (bicyclic) bond motifs is 1. The summed E-state index contributed by atoms with van der Waals surface area (Å²) in [5, 5.41) is 0.339. The Morgan fingerprint density at radius 1 is 1.23 bits per heavy atom. The topological polar surface area (TPSA) is 52.6 Å². The highest BCUT2D eigenvalue weighted by molar-refractivity contribution is 7.20. The van der Waals surface area contributed by atoms with Crippen LogP contribution in [0.5, 0.6) is 11.5 Å². The molecule has 1 aromatic carbocycles. The summed E-state index contributed by atoms with van der Waals surface area (Å²) in [5.41, 5.74) is 0. The van der Waals surface area contributed by atoms with E-state index in [1.54, 1.807) is 6.07 Å². The average molecular weight is 322 g/mol. The molecule has 3 rings (SSSR count). The summed E-state index contributed by atoms with van der Waals surface area (Å²) in [4.78, 5) is 24.2. The van der Waals surface area contributed by atoms with E-state index in [0.717, 1.165) is 0 Å². The van der Waals surface area contributed by atoms with Crippen LogP contribution in [0.2, 0.25) is 0 Å². The molecular formula is C16H15FO4S. The van der Waals surface area contributed by atoms with E-state index in [1.807, 2.05) is 0 Å². The van der Waals surface area contributed by atoms with Crippen LogP contribution in [-0.4, -0.2) is 25.8 Å². The molecular weight excluding hydrogens is 307 g/mol. The molecule has 22 heavy (non-hydrogen) atoms. The Morgan fingerprint density at radius 2 is 1.95 bits per heavy atom. The number of carbonyl (C=O) groups is 2. The fourth-order valence-electron chi connectivity index (χ4n) is 2.68. The Labute approximate surface area is 130 Å². The highest BCUT2D eigenvalue weighted by atomic mass is 32.1. The number of hydrogen-bond acceptors (Lipinski definition) is 5. The van der Waals surface area contributed by atoms with Crippen molar-refractivity contribution >= 4 is 33.0 Å². The van der Waals surface area contributed by atoms with E-state index >= 15 is 0 Å². The number of ether oxygens (including phenoxy) is 2. The molecule has 1 aliphatic carbocycles. The van der Waals surface area contributed by atoms with Crippen LogP contribution in [-0.2, 0) is 4.79 Å². The quantitative estimate of drug-likeness (QED) is 0.791. The fourth-order valence-corrected chi connectivity index (χ4v) is 3.77. The van der Waals surface area contributed by atoms with Crippen molar-refractivity contribution in [2.45, 2.75) is 13.3 Å². The first-order chi connectivity index (χ1) is 10.5. The molecule has 0 spiro atoms. The predicted octanol–water partition coefficient (Wildman–Crippen LogP) is 3.47. The first-order valence-corrected chi connectivity index (χ1v) is 7.68. The molecule has 2 atom stereocenters. The van der Waals surface area contributed by atoms with Crippen LogP contribution >= 0.6 is 11.3 Å². The van der Waals surface area contributed by atoms with Crippen LogP contribution in [0.4, 0.5) is 4.39 Å². The molecule has 2 aromatic rings. The molecule has 116 valence electrons. The molecule has 0 saturated heterocycles. The fraction of sp³-hybridized carbons (Fsp3) is 0.375. The van der Waals surface area contributed by atoms with E-state index in [9.17, 15) is 14.0 Å². The summed E-state index contributed by atoms with van der Waals surface area (Å²) < 4.78 is 25.2. The Balaban J connectivity index is 2.02. The number of halogens is 1. The number of methoxy groups -OCH3 is 2. The van der Waals surface area contributed by atoms with Crippen molar-refractivity contribution < 1.29 is 23.5 Å². The third kappa shape index (κ3) is 2.27. The second-order valence-electron chi connectivity index (χ2n) is 5.37. The monoisotopic (exact) mass is 322 g/mol. The normalized spacial score (nSPS) is 20.0. The summed E-state index contributed by atoms with van der Waals surface area (Å²) in [6, 6.07) is 3.20. The summed E-state index contributed by atoms with van der Waals surface area (Å²) >= 11 is 1.21. The van der Waals surface area contributed by atoms with E-state index in [2.05, 4.69) is 0 Å². The highest BCUT2D eigenvalue weighted by Crippen LogP contribution is 2.45. The first kappa shape index (κ1) is 15.0. The maximum Gasteiger partial charge on any atom is 0.197 e. The Kier molecular flexibility index (Phi) is 3.64. The predicted molar refractivity (Wildman–Crippen MR) is 81.5 cm³/mol. The number of Topliss-reactive ketones (excluding diaryl/α,β-unsaturated/α-hetero) is 2. The van der Waals surface area contributed by atoms with E-state index in [4.69, 9.17) is 9.47 Å².